The van der Waals surface area contributed by atoms with E-state index in [9.17, 15) is 4.79 Å². The molecule has 2 fully saturated rings. The summed E-state index contributed by atoms with van der Waals surface area (Å²) in [7, 11) is 0. The van der Waals surface area contributed by atoms with Gasteiger partial charge in [-0.15, -0.1) is 0 Å². The Labute approximate surface area is 149 Å². The minimum atomic E-state index is 0.241. The second-order valence-corrected chi connectivity index (χ2v) is 8.66. The lowest BCUT2D eigenvalue weighted by atomic mass is 9.72. The molecule has 3 nitrogen and oxygen atoms in total. The number of carbonyl (C=O) groups is 1. The molecule has 1 aromatic rings. The molecule has 2 heterocycles. The Balaban J connectivity index is 1.71. The van der Waals surface area contributed by atoms with Crippen LogP contribution in [0.5, 0.6) is 0 Å². The predicted molar refractivity (Wildman–Crippen MR) is 97.9 cm³/mol. The molecule has 1 N–H and O–H groups in total. The summed E-state index contributed by atoms with van der Waals surface area (Å²) in [5.74, 6) is 0.276. The topological polar surface area (TPSA) is 32.3 Å². The Hall–Kier alpha value is -1.32. The third kappa shape index (κ3) is 2.78. The van der Waals surface area contributed by atoms with Crippen LogP contribution in [0.1, 0.15) is 45.1 Å². The third-order valence-corrected chi connectivity index (χ3v) is 6.10. The van der Waals surface area contributed by atoms with E-state index in [0.29, 0.717) is 12.1 Å². The number of piperidine rings is 1. The molecule has 2 saturated heterocycles. The van der Waals surface area contributed by atoms with Gasteiger partial charge in [-0.25, -0.2) is 0 Å². The molecule has 2 aliphatic heterocycles. The van der Waals surface area contributed by atoms with Crippen molar-refractivity contribution in [2.24, 2.45) is 5.41 Å². The van der Waals surface area contributed by atoms with Crippen LogP contribution >= 0.6 is 11.6 Å². The molecular formula is C20H25ClN2O. The highest BCUT2D eigenvalue weighted by Crippen LogP contribution is 2.44. The zero-order valence-corrected chi connectivity index (χ0v) is 15.2. The van der Waals surface area contributed by atoms with E-state index in [2.05, 4.69) is 36.2 Å². The van der Waals surface area contributed by atoms with Crippen LogP contribution in [0.2, 0.25) is 5.02 Å². The van der Waals surface area contributed by atoms with Crippen LogP contribution in [0.4, 0.5) is 0 Å². The van der Waals surface area contributed by atoms with Crippen molar-refractivity contribution in [1.82, 2.24) is 10.2 Å². The minimum absolute atomic E-state index is 0.241. The van der Waals surface area contributed by atoms with Crippen LogP contribution in [-0.2, 0) is 4.79 Å². The lowest BCUT2D eigenvalue weighted by molar-refractivity contribution is -0.143. The van der Waals surface area contributed by atoms with Crippen molar-refractivity contribution in [1.29, 1.82) is 0 Å². The van der Waals surface area contributed by atoms with Crippen molar-refractivity contribution in [2.45, 2.75) is 51.6 Å². The zero-order chi connectivity index (χ0) is 16.9. The molecule has 4 rings (SSSR count). The van der Waals surface area contributed by atoms with Crippen LogP contribution in [0, 0.1) is 5.41 Å². The number of carbonyl (C=O) groups excluding carboxylic acids is 1. The molecule has 3 aliphatic rings. The molecule has 24 heavy (non-hydrogen) atoms. The van der Waals surface area contributed by atoms with Crippen molar-refractivity contribution in [3.8, 4) is 0 Å². The Bertz CT molecular complexity index is 678. The van der Waals surface area contributed by atoms with E-state index in [4.69, 9.17) is 11.6 Å². The number of piperazine rings is 1. The number of rotatable bonds is 2. The predicted octanol–water partition coefficient (Wildman–Crippen LogP) is 3.88. The average molecular weight is 345 g/mol. The van der Waals surface area contributed by atoms with Gasteiger partial charge in [0, 0.05) is 35.8 Å². The summed E-state index contributed by atoms with van der Waals surface area (Å²) < 4.78 is 0. The highest BCUT2D eigenvalue weighted by molar-refractivity contribution is 6.30. The van der Waals surface area contributed by atoms with E-state index in [-0.39, 0.29) is 11.3 Å². The molecule has 0 radical (unpaired) electrons. The van der Waals surface area contributed by atoms with E-state index >= 15 is 0 Å². The molecule has 128 valence electrons. The number of hydrogen-bond donors (Lipinski definition) is 1. The number of nitrogens with one attached hydrogen (secondary N) is 1. The van der Waals surface area contributed by atoms with E-state index < -0.39 is 0 Å². The fourth-order valence-electron chi connectivity index (χ4n) is 4.42. The van der Waals surface area contributed by atoms with Gasteiger partial charge in [-0.2, -0.15) is 0 Å². The number of hydrogen-bond acceptors (Lipinski definition) is 2. The summed E-state index contributed by atoms with van der Waals surface area (Å²) in [6.45, 7) is 6.48. The molecule has 1 aliphatic carbocycles. The molecule has 0 aromatic heterocycles. The van der Waals surface area contributed by atoms with Crippen LogP contribution in [0.3, 0.4) is 0 Å². The lowest BCUT2D eigenvalue weighted by Crippen LogP contribution is -2.69. The molecular weight excluding hydrogens is 320 g/mol. The number of benzene rings is 1. The fourth-order valence-corrected chi connectivity index (χ4v) is 4.55. The molecule has 2 atom stereocenters. The van der Waals surface area contributed by atoms with Gasteiger partial charge in [-0.1, -0.05) is 37.6 Å². The fraction of sp³-hybridized carbons (Fsp3) is 0.550. The van der Waals surface area contributed by atoms with Crippen LogP contribution in [0.25, 0.3) is 5.57 Å². The lowest BCUT2D eigenvalue weighted by Gasteiger charge is -2.53. The van der Waals surface area contributed by atoms with E-state index in [1.54, 1.807) is 0 Å². The Morgan fingerprint density at radius 1 is 1.21 bits per heavy atom. The van der Waals surface area contributed by atoms with Gasteiger partial charge in [-0.05, 0) is 54.4 Å². The Kier molecular flexibility index (Phi) is 3.97. The zero-order valence-electron chi connectivity index (χ0n) is 14.4. The number of allylic oxidation sites excluding steroid dienone is 1. The maximum Gasteiger partial charge on any atom is 0.250 e. The van der Waals surface area contributed by atoms with Gasteiger partial charge >= 0.3 is 0 Å². The van der Waals surface area contributed by atoms with E-state index in [1.807, 2.05) is 12.1 Å². The summed E-state index contributed by atoms with van der Waals surface area (Å²) in [5.41, 5.74) is 3.66. The van der Waals surface area contributed by atoms with Gasteiger partial charge in [0.05, 0.1) is 0 Å². The molecule has 0 saturated carbocycles. The second-order valence-electron chi connectivity index (χ2n) is 8.22. The first-order chi connectivity index (χ1) is 11.4. The second kappa shape index (κ2) is 5.89. The highest BCUT2D eigenvalue weighted by Gasteiger charge is 2.46. The van der Waals surface area contributed by atoms with Gasteiger partial charge in [0.15, 0.2) is 0 Å². The first-order valence-electron chi connectivity index (χ1n) is 8.96. The number of fused-ring (bicyclic) bond motifs is 2. The summed E-state index contributed by atoms with van der Waals surface area (Å²) in [6.07, 6.45) is 4.07. The Morgan fingerprint density at radius 3 is 2.50 bits per heavy atom. The van der Waals surface area contributed by atoms with Crippen molar-refractivity contribution in [2.75, 3.05) is 13.1 Å². The first kappa shape index (κ1) is 16.2. The maximum absolute atomic E-state index is 13.3. The quantitative estimate of drug-likeness (QED) is 0.883. The van der Waals surface area contributed by atoms with Gasteiger partial charge < -0.3 is 10.2 Å². The molecule has 2 unspecified atom stereocenters. The van der Waals surface area contributed by atoms with E-state index in [1.165, 1.54) is 5.57 Å². The largest absolute Gasteiger partial charge is 0.330 e. The molecule has 2 bridgehead atoms. The van der Waals surface area contributed by atoms with Crippen molar-refractivity contribution >= 4 is 23.1 Å². The average Bonchev–Trinajstić information content (AvgIpc) is 2.55. The van der Waals surface area contributed by atoms with Crippen molar-refractivity contribution in [3.63, 3.8) is 0 Å². The number of halogens is 1. The normalized spacial score (nSPS) is 28.5. The van der Waals surface area contributed by atoms with Crippen LogP contribution in [0.15, 0.2) is 29.8 Å². The smallest absolute Gasteiger partial charge is 0.250 e. The van der Waals surface area contributed by atoms with Crippen LogP contribution < -0.4 is 5.32 Å². The minimum Gasteiger partial charge on any atom is -0.330 e. The SMILES string of the molecule is CC1(C)CCC(C(=O)N2C3CNCC2C3)=C(c2ccc(Cl)cc2)C1. The molecule has 4 heteroatoms. The van der Waals surface area contributed by atoms with Gasteiger partial charge in [0.1, 0.15) is 0 Å². The van der Waals surface area contributed by atoms with Gasteiger partial charge in [-0.3, -0.25) is 4.79 Å². The molecule has 1 amide bonds. The summed E-state index contributed by atoms with van der Waals surface area (Å²) in [5, 5.41) is 4.15. The monoisotopic (exact) mass is 344 g/mol. The Morgan fingerprint density at radius 2 is 1.88 bits per heavy atom. The van der Waals surface area contributed by atoms with E-state index in [0.717, 1.165) is 54.9 Å². The van der Waals surface area contributed by atoms with Crippen LogP contribution in [-0.4, -0.2) is 36.0 Å². The molecule has 0 spiro atoms. The van der Waals surface area contributed by atoms with Gasteiger partial charge in [0.2, 0.25) is 0 Å². The summed E-state index contributed by atoms with van der Waals surface area (Å²) in [6, 6.07) is 8.76. The van der Waals surface area contributed by atoms with Crippen molar-refractivity contribution in [3.05, 3.63) is 40.4 Å². The third-order valence-electron chi connectivity index (χ3n) is 5.85. The first-order valence-corrected chi connectivity index (χ1v) is 9.34. The molecule has 1 aromatic carbocycles. The summed E-state index contributed by atoms with van der Waals surface area (Å²) >= 11 is 6.05. The van der Waals surface area contributed by atoms with Crippen molar-refractivity contribution < 1.29 is 4.79 Å². The standard InChI is InChI=1S/C20H25ClN2O/c1-20(2)8-7-17(18(10-20)13-3-5-14(21)6-4-13)19(24)23-15-9-16(23)12-22-11-15/h3-6,15-16,22H,7-12H2,1-2H3. The maximum atomic E-state index is 13.3. The van der Waals surface area contributed by atoms with Gasteiger partial charge in [0.25, 0.3) is 5.91 Å². The number of nitrogens with zero attached hydrogens (tertiary/aromatic N) is 1. The number of amides is 1. The summed E-state index contributed by atoms with van der Waals surface area (Å²) in [4.78, 5) is 15.4. The highest BCUT2D eigenvalue weighted by atomic mass is 35.5.